The monoisotopic (exact) mass is 628 g/mol. The van der Waals surface area contributed by atoms with Crippen LogP contribution in [0.3, 0.4) is 0 Å². The van der Waals surface area contributed by atoms with Crippen molar-refractivity contribution in [1.29, 1.82) is 0 Å². The first-order valence-corrected chi connectivity index (χ1v) is 16.2. The van der Waals surface area contributed by atoms with E-state index in [-0.39, 0.29) is 31.3 Å². The molecule has 244 valence electrons. The summed E-state index contributed by atoms with van der Waals surface area (Å²) in [6.07, 6.45) is 2.02. The van der Waals surface area contributed by atoms with Gasteiger partial charge in [-0.25, -0.2) is 4.79 Å². The maximum absolute atomic E-state index is 11.8. The minimum absolute atomic E-state index is 0.00758. The lowest BCUT2D eigenvalue weighted by Crippen LogP contribution is -2.50. The number of ether oxygens (including phenoxy) is 5. The zero-order valence-electron chi connectivity index (χ0n) is 26.4. The molecule has 3 fully saturated rings. The van der Waals surface area contributed by atoms with Gasteiger partial charge in [-0.05, 0) is 33.9 Å². The van der Waals surface area contributed by atoms with E-state index in [1.807, 2.05) is 24.3 Å². The van der Waals surface area contributed by atoms with E-state index in [4.69, 9.17) is 23.7 Å². The van der Waals surface area contributed by atoms with Crippen LogP contribution in [0.5, 0.6) is 0 Å². The first-order valence-electron chi connectivity index (χ1n) is 16.2. The molecule has 1 spiro atoms. The van der Waals surface area contributed by atoms with E-state index in [0.29, 0.717) is 19.8 Å². The quantitative estimate of drug-likeness (QED) is 0.269. The molecule has 2 N–H and O–H groups in total. The number of amides is 1. The minimum Gasteiger partial charge on any atom is -0.445 e. The van der Waals surface area contributed by atoms with Crippen LogP contribution in [-0.4, -0.2) is 67.4 Å². The third kappa shape index (κ3) is 7.69. The van der Waals surface area contributed by atoms with Crippen LogP contribution in [0, 0.1) is 5.92 Å². The number of aliphatic hydroxyl groups is 1. The number of alkyl carbamates (subject to hydrolysis) is 1. The highest BCUT2D eigenvalue weighted by atomic mass is 16.7. The fourth-order valence-electron chi connectivity index (χ4n) is 6.50. The highest BCUT2D eigenvalue weighted by Gasteiger charge is 2.43. The van der Waals surface area contributed by atoms with Crippen LogP contribution in [0.2, 0.25) is 0 Å². The predicted octanol–water partition coefficient (Wildman–Crippen LogP) is 5.89. The van der Waals surface area contributed by atoms with Crippen LogP contribution in [0.1, 0.15) is 54.4 Å². The summed E-state index contributed by atoms with van der Waals surface area (Å²) in [5.74, 6) is -0.302. The van der Waals surface area contributed by atoms with Crippen molar-refractivity contribution in [2.45, 2.75) is 57.2 Å². The van der Waals surface area contributed by atoms with Crippen molar-refractivity contribution in [3.05, 3.63) is 108 Å². The SMILES string of the molecule is C=CCOC(=O)NCc1cccc(-c2ccc(C3OC(CN4CCC5(CC4)OCCO5)C(C)C(c4ccc(CO)cc4)O3)cc2)c1. The van der Waals surface area contributed by atoms with Crippen LogP contribution in [0.25, 0.3) is 11.1 Å². The largest absolute Gasteiger partial charge is 0.445 e. The molecule has 4 atom stereocenters. The molecular formula is C37H44N2O7. The van der Waals surface area contributed by atoms with Gasteiger partial charge in [0.25, 0.3) is 0 Å². The Morgan fingerprint density at radius 3 is 2.39 bits per heavy atom. The van der Waals surface area contributed by atoms with E-state index >= 15 is 0 Å². The number of nitrogens with one attached hydrogen (secondary N) is 1. The maximum atomic E-state index is 11.8. The standard InChI is InChI=1S/C37H44N2O7/c1-3-19-42-36(41)38-23-28-5-4-6-32(22-28)29-11-13-31(14-12-29)35-45-33(24-39-17-15-37(16-18-39)43-20-21-44-37)26(2)34(46-35)30-9-7-27(25-40)8-10-30/h3-14,22,26,33-35,40H,1,15-21,23-25H2,2H3,(H,38,41). The predicted molar refractivity (Wildman–Crippen MR) is 174 cm³/mol. The lowest BCUT2D eigenvalue weighted by molar-refractivity contribution is -0.278. The highest BCUT2D eigenvalue weighted by molar-refractivity contribution is 5.68. The van der Waals surface area contributed by atoms with Crippen LogP contribution in [0.15, 0.2) is 85.5 Å². The number of rotatable bonds is 10. The molecule has 0 bridgehead atoms. The van der Waals surface area contributed by atoms with Gasteiger partial charge in [-0.15, -0.1) is 0 Å². The number of benzene rings is 3. The van der Waals surface area contributed by atoms with Crippen LogP contribution in [-0.2, 0) is 36.8 Å². The van der Waals surface area contributed by atoms with E-state index in [1.54, 1.807) is 0 Å². The summed E-state index contributed by atoms with van der Waals surface area (Å²) in [6, 6.07) is 24.4. The molecule has 9 nitrogen and oxygen atoms in total. The second-order valence-electron chi connectivity index (χ2n) is 12.3. The molecule has 6 rings (SSSR count). The van der Waals surface area contributed by atoms with Crippen molar-refractivity contribution in [2.75, 3.05) is 39.5 Å². The van der Waals surface area contributed by atoms with Crippen molar-refractivity contribution >= 4 is 6.09 Å². The summed E-state index contributed by atoms with van der Waals surface area (Å²) < 4.78 is 30.3. The molecule has 3 aliphatic rings. The number of nitrogens with zero attached hydrogens (tertiary/aromatic N) is 1. The fourth-order valence-corrected chi connectivity index (χ4v) is 6.50. The summed E-state index contributed by atoms with van der Waals surface area (Å²) in [5.41, 5.74) is 5.96. The van der Waals surface area contributed by atoms with Crippen molar-refractivity contribution in [1.82, 2.24) is 10.2 Å². The Balaban J connectivity index is 1.16. The molecule has 9 heteroatoms. The summed E-state index contributed by atoms with van der Waals surface area (Å²) in [4.78, 5) is 14.3. The fraction of sp³-hybridized carbons (Fsp3) is 0.432. The Morgan fingerprint density at radius 2 is 1.70 bits per heavy atom. The summed E-state index contributed by atoms with van der Waals surface area (Å²) >= 11 is 0. The summed E-state index contributed by atoms with van der Waals surface area (Å²) in [6.45, 7) is 10.2. The number of carbonyl (C=O) groups excluding carboxylic acids is 1. The van der Waals surface area contributed by atoms with Gasteiger partial charge in [0, 0.05) is 50.5 Å². The van der Waals surface area contributed by atoms with Gasteiger partial charge in [0.05, 0.1) is 32.0 Å². The molecule has 3 heterocycles. The number of carbonyl (C=O) groups is 1. The second kappa shape index (κ2) is 14.9. The van der Waals surface area contributed by atoms with Gasteiger partial charge in [0.1, 0.15) is 6.61 Å². The Hall–Kier alpha value is -3.57. The normalized spacial score (nSPS) is 24.5. The molecule has 4 unspecified atom stereocenters. The highest BCUT2D eigenvalue weighted by Crippen LogP contribution is 2.42. The van der Waals surface area contributed by atoms with Gasteiger partial charge in [-0.2, -0.15) is 0 Å². The molecule has 3 aromatic carbocycles. The lowest BCUT2D eigenvalue weighted by atomic mass is 9.89. The van der Waals surface area contributed by atoms with E-state index in [2.05, 4.69) is 72.3 Å². The second-order valence-corrected chi connectivity index (χ2v) is 12.3. The van der Waals surface area contributed by atoms with Crippen molar-refractivity contribution in [2.24, 2.45) is 5.92 Å². The topological polar surface area (TPSA) is 98.7 Å². The summed E-state index contributed by atoms with van der Waals surface area (Å²) in [5, 5.41) is 12.3. The molecule has 3 aromatic rings. The summed E-state index contributed by atoms with van der Waals surface area (Å²) in [7, 11) is 0. The van der Waals surface area contributed by atoms with Gasteiger partial charge in [0.2, 0.25) is 0 Å². The van der Waals surface area contributed by atoms with Gasteiger partial charge >= 0.3 is 6.09 Å². The first kappa shape index (κ1) is 32.4. The average molecular weight is 629 g/mol. The average Bonchev–Trinajstić information content (AvgIpc) is 3.56. The molecule has 3 saturated heterocycles. The number of piperidine rings is 1. The van der Waals surface area contributed by atoms with E-state index in [9.17, 15) is 9.90 Å². The molecule has 0 aromatic heterocycles. The van der Waals surface area contributed by atoms with Gasteiger partial charge < -0.3 is 39.0 Å². The van der Waals surface area contributed by atoms with Crippen LogP contribution in [0.4, 0.5) is 4.79 Å². The number of hydrogen-bond donors (Lipinski definition) is 2. The van der Waals surface area contributed by atoms with E-state index < -0.39 is 18.2 Å². The first-order chi connectivity index (χ1) is 22.4. The molecule has 3 aliphatic heterocycles. The molecule has 46 heavy (non-hydrogen) atoms. The van der Waals surface area contributed by atoms with Gasteiger partial charge in [-0.3, -0.25) is 0 Å². The van der Waals surface area contributed by atoms with Gasteiger partial charge in [0.15, 0.2) is 12.1 Å². The Bertz CT molecular complexity index is 1450. The third-order valence-corrected chi connectivity index (χ3v) is 9.21. The van der Waals surface area contributed by atoms with Crippen molar-refractivity contribution in [3.8, 4) is 11.1 Å². The van der Waals surface area contributed by atoms with Crippen LogP contribution >= 0.6 is 0 Å². The van der Waals surface area contributed by atoms with E-state index in [1.165, 1.54) is 6.08 Å². The third-order valence-electron chi connectivity index (χ3n) is 9.21. The molecule has 1 amide bonds. The van der Waals surface area contributed by atoms with Crippen molar-refractivity contribution in [3.63, 3.8) is 0 Å². The van der Waals surface area contributed by atoms with Crippen LogP contribution < -0.4 is 5.32 Å². The zero-order valence-corrected chi connectivity index (χ0v) is 26.4. The Morgan fingerprint density at radius 1 is 0.978 bits per heavy atom. The van der Waals surface area contributed by atoms with Gasteiger partial charge in [-0.1, -0.05) is 86.3 Å². The minimum atomic E-state index is -0.535. The Kier molecular flexibility index (Phi) is 10.5. The maximum Gasteiger partial charge on any atom is 0.407 e. The zero-order chi connectivity index (χ0) is 31.9. The van der Waals surface area contributed by atoms with E-state index in [0.717, 1.165) is 65.9 Å². The smallest absolute Gasteiger partial charge is 0.407 e. The number of aliphatic hydroxyl groups excluding tert-OH is 1. The molecule has 0 radical (unpaired) electrons. The molecular weight excluding hydrogens is 584 g/mol. The molecule has 0 saturated carbocycles. The lowest BCUT2D eigenvalue weighted by Gasteiger charge is -2.44. The number of hydrogen-bond acceptors (Lipinski definition) is 8. The Labute approximate surface area is 271 Å². The molecule has 0 aliphatic carbocycles. The van der Waals surface area contributed by atoms with Crippen molar-refractivity contribution < 1.29 is 33.6 Å². The number of likely N-dealkylation sites (tertiary alicyclic amines) is 1.